The highest BCUT2D eigenvalue weighted by molar-refractivity contribution is 5.93. The molecule has 2 aromatic heterocycles. The first-order valence-corrected chi connectivity index (χ1v) is 9.82. The predicted octanol–water partition coefficient (Wildman–Crippen LogP) is 4.20. The van der Waals surface area contributed by atoms with E-state index in [2.05, 4.69) is 15.0 Å². The molecule has 2 aromatic carbocycles. The maximum atomic E-state index is 14.0. The number of nitrogens with zero attached hydrogens (tertiary/aromatic N) is 3. The number of halogens is 2. The molecule has 0 spiro atoms. The second-order valence-corrected chi connectivity index (χ2v) is 7.48. The van der Waals surface area contributed by atoms with Crippen LogP contribution in [0.25, 0.3) is 33.5 Å². The number of hydrogen-bond donors (Lipinski definition) is 3. The number of rotatable bonds is 7. The molecule has 4 aromatic rings. The van der Waals surface area contributed by atoms with Crippen LogP contribution < -0.4 is 4.74 Å². The van der Waals surface area contributed by atoms with Crippen LogP contribution in [-0.4, -0.2) is 63.3 Å². The lowest BCUT2D eigenvalue weighted by molar-refractivity contribution is 0.0692. The van der Waals surface area contributed by atoms with Crippen molar-refractivity contribution in [1.82, 2.24) is 19.9 Å². The van der Waals surface area contributed by atoms with Gasteiger partial charge in [-0.25, -0.2) is 19.2 Å². The van der Waals surface area contributed by atoms with Gasteiger partial charge in [-0.05, 0) is 50.0 Å². The number of carbonyl (C=O) groups is 1. The number of nitrogens with one attached hydrogen (secondary N) is 1. The van der Waals surface area contributed by atoms with Gasteiger partial charge in [-0.15, -0.1) is 12.4 Å². The van der Waals surface area contributed by atoms with Crippen molar-refractivity contribution in [3.63, 3.8) is 0 Å². The summed E-state index contributed by atoms with van der Waals surface area (Å²) < 4.78 is 19.9. The molecule has 0 aliphatic heterocycles. The number of phenolic OH excluding ortho intramolecular Hbond substituents is 1. The fraction of sp³-hybridized carbons (Fsp3) is 0.174. The molecule has 10 heteroatoms. The highest BCUT2D eigenvalue weighted by Crippen LogP contribution is 2.36. The number of aromatic amines is 1. The van der Waals surface area contributed by atoms with E-state index in [0.29, 0.717) is 23.6 Å². The van der Waals surface area contributed by atoms with Crippen molar-refractivity contribution >= 4 is 29.4 Å². The summed E-state index contributed by atoms with van der Waals surface area (Å²) in [5, 5.41) is 19.6. The van der Waals surface area contributed by atoms with Crippen molar-refractivity contribution in [3.05, 3.63) is 60.0 Å². The van der Waals surface area contributed by atoms with E-state index in [-0.39, 0.29) is 29.5 Å². The Kier molecular flexibility index (Phi) is 7.15. The molecule has 0 atom stereocenters. The third-order valence-electron chi connectivity index (χ3n) is 4.91. The molecule has 0 unspecified atom stereocenters. The summed E-state index contributed by atoms with van der Waals surface area (Å²) in [5.41, 5.74) is 1.98. The molecule has 0 radical (unpaired) electrons. The van der Waals surface area contributed by atoms with Crippen LogP contribution in [0.2, 0.25) is 0 Å². The van der Waals surface area contributed by atoms with Crippen molar-refractivity contribution in [2.75, 3.05) is 27.2 Å². The largest absolute Gasteiger partial charge is 0.507 e. The molecule has 172 valence electrons. The van der Waals surface area contributed by atoms with Gasteiger partial charge in [0.25, 0.3) is 0 Å². The van der Waals surface area contributed by atoms with Crippen LogP contribution in [0, 0.1) is 5.82 Å². The summed E-state index contributed by atoms with van der Waals surface area (Å²) >= 11 is 0. The molecule has 8 nitrogen and oxygen atoms in total. The molecule has 0 aliphatic carbocycles. The SMILES string of the molecule is CN(C)CCOc1ncccc1-c1ccc(O)c(-c2nc3cc(C(=O)O)c(F)cc3[nH]2)c1.Cl. The Hall–Kier alpha value is -3.69. The number of aromatic hydroxyl groups is 1. The first-order chi connectivity index (χ1) is 15.3. The Balaban J connectivity index is 0.00000306. The maximum Gasteiger partial charge on any atom is 0.338 e. The van der Waals surface area contributed by atoms with Gasteiger partial charge in [0.15, 0.2) is 0 Å². The average molecular weight is 473 g/mol. The van der Waals surface area contributed by atoms with Gasteiger partial charge in [-0.3, -0.25) is 0 Å². The zero-order valence-electron chi connectivity index (χ0n) is 17.9. The van der Waals surface area contributed by atoms with Gasteiger partial charge in [0.2, 0.25) is 5.88 Å². The van der Waals surface area contributed by atoms with Crippen LogP contribution in [0.3, 0.4) is 0 Å². The monoisotopic (exact) mass is 472 g/mol. The van der Waals surface area contributed by atoms with Gasteiger partial charge in [-0.2, -0.15) is 0 Å². The third-order valence-corrected chi connectivity index (χ3v) is 4.91. The smallest absolute Gasteiger partial charge is 0.338 e. The highest BCUT2D eigenvalue weighted by Gasteiger charge is 2.17. The van der Waals surface area contributed by atoms with Crippen molar-refractivity contribution < 1.29 is 24.1 Å². The van der Waals surface area contributed by atoms with Crippen LogP contribution in [0.1, 0.15) is 10.4 Å². The van der Waals surface area contributed by atoms with E-state index in [9.17, 15) is 14.3 Å². The first kappa shape index (κ1) is 24.0. The molecular formula is C23H22ClFN4O4. The second-order valence-electron chi connectivity index (χ2n) is 7.48. The molecule has 0 fully saturated rings. The molecule has 2 heterocycles. The van der Waals surface area contributed by atoms with E-state index in [1.807, 2.05) is 25.1 Å². The summed E-state index contributed by atoms with van der Waals surface area (Å²) in [4.78, 5) is 24.8. The third kappa shape index (κ3) is 5.05. The quantitative estimate of drug-likeness (QED) is 0.369. The van der Waals surface area contributed by atoms with Crippen molar-refractivity contribution in [1.29, 1.82) is 0 Å². The molecule has 33 heavy (non-hydrogen) atoms. The van der Waals surface area contributed by atoms with Gasteiger partial charge in [-0.1, -0.05) is 6.07 Å². The predicted molar refractivity (Wildman–Crippen MR) is 125 cm³/mol. The minimum atomic E-state index is -1.38. The number of hydrogen-bond acceptors (Lipinski definition) is 6. The number of aromatic carboxylic acids is 1. The van der Waals surface area contributed by atoms with Crippen LogP contribution in [0.5, 0.6) is 11.6 Å². The summed E-state index contributed by atoms with van der Waals surface area (Å²) in [6, 6.07) is 10.9. The highest BCUT2D eigenvalue weighted by atomic mass is 35.5. The van der Waals surface area contributed by atoms with Crippen LogP contribution in [0.4, 0.5) is 4.39 Å². The molecule has 0 saturated carbocycles. The lowest BCUT2D eigenvalue weighted by Gasteiger charge is -2.13. The molecule has 0 amide bonds. The summed E-state index contributed by atoms with van der Waals surface area (Å²) in [5.74, 6) is -1.54. The first-order valence-electron chi connectivity index (χ1n) is 9.82. The summed E-state index contributed by atoms with van der Waals surface area (Å²) in [6.45, 7) is 1.19. The number of likely N-dealkylation sites (N-methyl/N-ethyl adjacent to an activating group) is 1. The average Bonchev–Trinajstić information content (AvgIpc) is 3.16. The number of carboxylic acid groups (broad SMARTS) is 1. The second kappa shape index (κ2) is 9.85. The Morgan fingerprint density at radius 3 is 2.70 bits per heavy atom. The molecule has 4 rings (SSSR count). The van der Waals surface area contributed by atoms with Gasteiger partial charge < -0.3 is 24.8 Å². The van der Waals surface area contributed by atoms with Gasteiger partial charge >= 0.3 is 5.97 Å². The Morgan fingerprint density at radius 2 is 1.97 bits per heavy atom. The Labute approximate surface area is 195 Å². The molecule has 0 saturated heterocycles. The number of H-pyrrole nitrogens is 1. The summed E-state index contributed by atoms with van der Waals surface area (Å²) in [6.07, 6.45) is 1.64. The lowest BCUT2D eigenvalue weighted by Crippen LogP contribution is -2.19. The zero-order valence-corrected chi connectivity index (χ0v) is 18.7. The fourth-order valence-corrected chi connectivity index (χ4v) is 3.27. The number of ether oxygens (including phenoxy) is 1. The standard InChI is InChI=1S/C23H21FN4O4.ClH/c1-28(2)8-9-32-22-14(4-3-7-25-22)13-5-6-20(29)16(10-13)21-26-18-11-15(23(30)31)17(24)12-19(18)27-21;/h3-7,10-12,29H,8-9H2,1-2H3,(H,26,27)(H,30,31);1H. The number of carboxylic acids is 1. The van der Waals surface area contributed by atoms with Crippen molar-refractivity contribution in [2.24, 2.45) is 0 Å². The van der Waals surface area contributed by atoms with Crippen LogP contribution in [-0.2, 0) is 0 Å². The molecule has 0 aliphatic rings. The Bertz CT molecular complexity index is 1310. The lowest BCUT2D eigenvalue weighted by atomic mass is 10.0. The van der Waals surface area contributed by atoms with Gasteiger partial charge in [0.1, 0.15) is 24.0 Å². The molecular weight excluding hydrogens is 451 g/mol. The van der Waals surface area contributed by atoms with E-state index in [0.717, 1.165) is 29.8 Å². The Morgan fingerprint density at radius 1 is 1.18 bits per heavy atom. The minimum Gasteiger partial charge on any atom is -0.507 e. The van der Waals surface area contributed by atoms with E-state index in [4.69, 9.17) is 9.84 Å². The number of benzene rings is 2. The maximum absolute atomic E-state index is 14.0. The normalized spacial score (nSPS) is 10.9. The summed E-state index contributed by atoms with van der Waals surface area (Å²) in [7, 11) is 3.90. The fourth-order valence-electron chi connectivity index (χ4n) is 3.27. The van der Waals surface area contributed by atoms with E-state index in [1.54, 1.807) is 24.4 Å². The van der Waals surface area contributed by atoms with Crippen LogP contribution in [0.15, 0.2) is 48.7 Å². The minimum absolute atomic E-state index is 0. The van der Waals surface area contributed by atoms with Crippen molar-refractivity contribution in [3.8, 4) is 34.1 Å². The van der Waals surface area contributed by atoms with Gasteiger partial charge in [0, 0.05) is 24.4 Å². The van der Waals surface area contributed by atoms with E-state index >= 15 is 0 Å². The zero-order chi connectivity index (χ0) is 22.8. The number of phenols is 1. The van der Waals surface area contributed by atoms with E-state index < -0.39 is 17.3 Å². The number of pyridine rings is 1. The number of fused-ring (bicyclic) bond motifs is 1. The van der Waals surface area contributed by atoms with Crippen molar-refractivity contribution in [2.45, 2.75) is 0 Å². The molecule has 3 N–H and O–H groups in total. The van der Waals surface area contributed by atoms with E-state index in [1.165, 1.54) is 6.07 Å². The van der Waals surface area contributed by atoms with Crippen LogP contribution >= 0.6 is 12.4 Å². The molecule has 0 bridgehead atoms. The topological polar surface area (TPSA) is 112 Å². The number of aromatic nitrogens is 3. The number of imidazole rings is 1. The van der Waals surface area contributed by atoms with Gasteiger partial charge in [0.05, 0.1) is 22.2 Å².